The van der Waals surface area contributed by atoms with Gasteiger partial charge in [0, 0.05) is 62.4 Å². The number of cyclic esters (lactones) is 2. The lowest BCUT2D eigenvalue weighted by atomic mass is 9.88. The number of aliphatic hydroxyl groups excluding tert-OH is 1. The summed E-state index contributed by atoms with van der Waals surface area (Å²) in [7, 11) is 4.18. The topological polar surface area (TPSA) is 152 Å². The minimum atomic E-state index is -0.804. The molecule has 6 unspecified atom stereocenters. The monoisotopic (exact) mass is 856 g/mol. The van der Waals surface area contributed by atoms with Gasteiger partial charge in [-0.05, 0) is 30.9 Å². The van der Waals surface area contributed by atoms with Gasteiger partial charge in [0.05, 0.1) is 25.7 Å². The van der Waals surface area contributed by atoms with E-state index < -0.39 is 11.2 Å². The summed E-state index contributed by atoms with van der Waals surface area (Å²) in [4.78, 5) is 55.3. The first kappa shape index (κ1) is 56.9. The van der Waals surface area contributed by atoms with E-state index in [2.05, 4.69) is 25.9 Å². The van der Waals surface area contributed by atoms with Crippen molar-refractivity contribution in [3.05, 3.63) is 0 Å². The number of rotatable bonds is 25. The molecule has 14 heteroatoms. The highest BCUT2D eigenvalue weighted by molar-refractivity contribution is 7.10. The molecular weight excluding hydrogens is 778 g/mol. The third kappa shape index (κ3) is 28.2. The summed E-state index contributed by atoms with van der Waals surface area (Å²) in [6, 6.07) is 0. The quantitative estimate of drug-likeness (QED) is 0.0307. The van der Waals surface area contributed by atoms with Crippen LogP contribution in [0.1, 0.15) is 184 Å². The van der Waals surface area contributed by atoms with Gasteiger partial charge in [0.15, 0.2) is 11.2 Å². The van der Waals surface area contributed by atoms with E-state index in [-0.39, 0.29) is 66.8 Å². The molecule has 0 saturated carbocycles. The van der Waals surface area contributed by atoms with E-state index in [1.807, 2.05) is 48.5 Å². The SMILES string of the molecule is CCC(C)C(=O)Cl.CCC(C)C(=O)OCC1(COP)CCC(=O)O1.CCCCCCCCCCCCCCCC(=O)C(C)(C)C.O=C1CCC(CO)(COP)O1. The molecule has 2 rings (SSSR count). The van der Waals surface area contributed by atoms with Gasteiger partial charge in [0.2, 0.25) is 5.24 Å². The van der Waals surface area contributed by atoms with Gasteiger partial charge in [-0.25, -0.2) is 0 Å². The van der Waals surface area contributed by atoms with E-state index in [0.717, 1.165) is 25.7 Å². The second-order valence-electron chi connectivity index (χ2n) is 16.3. The molecule has 0 aromatic rings. The highest BCUT2D eigenvalue weighted by Gasteiger charge is 2.42. The minimum absolute atomic E-state index is 0.0293. The van der Waals surface area contributed by atoms with Crippen molar-refractivity contribution < 1.29 is 52.3 Å². The van der Waals surface area contributed by atoms with E-state index in [4.69, 9.17) is 40.0 Å². The molecule has 330 valence electrons. The smallest absolute Gasteiger partial charge is 0.308 e. The number of unbranched alkanes of at least 4 members (excludes halogenated alkanes) is 12. The Morgan fingerprint density at radius 1 is 0.714 bits per heavy atom. The average Bonchev–Trinajstić information content (AvgIpc) is 3.73. The molecule has 11 nitrogen and oxygen atoms in total. The second kappa shape index (κ2) is 33.6. The zero-order chi connectivity index (χ0) is 43.0. The van der Waals surface area contributed by atoms with Crippen LogP contribution in [0.5, 0.6) is 0 Å². The van der Waals surface area contributed by atoms with Crippen molar-refractivity contribution in [1.82, 2.24) is 0 Å². The van der Waals surface area contributed by atoms with Gasteiger partial charge >= 0.3 is 17.9 Å². The van der Waals surface area contributed by atoms with Crippen molar-refractivity contribution in [2.24, 2.45) is 17.3 Å². The zero-order valence-corrected chi connectivity index (χ0v) is 39.3. The minimum Gasteiger partial charge on any atom is -0.461 e. The third-order valence-electron chi connectivity index (χ3n) is 10.0. The maximum Gasteiger partial charge on any atom is 0.308 e. The number of halogens is 1. The normalized spacial score (nSPS) is 19.9. The van der Waals surface area contributed by atoms with Crippen LogP contribution in [-0.2, 0) is 47.2 Å². The Bertz CT molecular complexity index is 1090. The number of carbonyl (C=O) groups is 5. The van der Waals surface area contributed by atoms with Gasteiger partial charge < -0.3 is 28.4 Å². The van der Waals surface area contributed by atoms with Gasteiger partial charge in [-0.3, -0.25) is 24.0 Å². The number of carbonyl (C=O) groups excluding carboxylic acids is 5. The Kier molecular flexibility index (Phi) is 34.1. The molecular formula is C42H79ClO11P2. The molecule has 0 aromatic carbocycles. The summed E-state index contributed by atoms with van der Waals surface area (Å²) in [5.41, 5.74) is -1.72. The van der Waals surface area contributed by atoms with Crippen LogP contribution in [0.4, 0.5) is 0 Å². The van der Waals surface area contributed by atoms with Gasteiger partial charge in [-0.2, -0.15) is 0 Å². The molecule has 0 aliphatic carbocycles. The lowest BCUT2D eigenvalue weighted by molar-refractivity contribution is -0.167. The third-order valence-corrected chi connectivity index (χ3v) is 10.8. The lowest BCUT2D eigenvalue weighted by Crippen LogP contribution is -2.40. The Balaban J connectivity index is 0. The van der Waals surface area contributed by atoms with Gasteiger partial charge in [0.1, 0.15) is 12.4 Å². The molecule has 2 heterocycles. The molecule has 2 saturated heterocycles. The molecule has 2 fully saturated rings. The zero-order valence-electron chi connectivity index (χ0n) is 36.2. The summed E-state index contributed by atoms with van der Waals surface area (Å²) in [6.07, 6.45) is 21.9. The first-order chi connectivity index (χ1) is 26.4. The molecule has 1 N–H and O–H groups in total. The van der Waals surface area contributed by atoms with E-state index in [9.17, 15) is 24.0 Å². The predicted molar refractivity (Wildman–Crippen MR) is 230 cm³/mol. The van der Waals surface area contributed by atoms with Crippen LogP contribution >= 0.6 is 30.5 Å². The number of hydrogen-bond donors (Lipinski definition) is 1. The molecule has 2 aliphatic heterocycles. The van der Waals surface area contributed by atoms with Gasteiger partial charge in [0.25, 0.3) is 0 Å². The number of ether oxygens (including phenoxy) is 3. The van der Waals surface area contributed by atoms with E-state index in [1.54, 1.807) is 0 Å². The van der Waals surface area contributed by atoms with Gasteiger partial charge in [-0.15, -0.1) is 0 Å². The maximum atomic E-state index is 11.8. The van der Waals surface area contributed by atoms with Crippen LogP contribution in [0.3, 0.4) is 0 Å². The van der Waals surface area contributed by atoms with E-state index in [1.165, 1.54) is 77.0 Å². The highest BCUT2D eigenvalue weighted by atomic mass is 35.5. The molecule has 0 amide bonds. The standard InChI is InChI=1S/C20H40O.C11H19O5P.C6H11O4P.C5H9ClO/c1-5-6-7-8-9-10-11-12-13-14-15-16-17-18-19(21)20(2,3)4;1-3-8(2)10(13)14-6-11(7-15-17)5-4-9(12)16-11;7-3-6(4-9-11)2-1-5(8)10-6;1-3-4(2)5(6)7/h5-18H2,1-4H3;8H,3-7,17H2,1-2H3;7H,1-4,11H2;4H,3H2,1-2H3. The highest BCUT2D eigenvalue weighted by Crippen LogP contribution is 2.29. The number of ketones is 1. The number of hydrogen-bond acceptors (Lipinski definition) is 11. The Morgan fingerprint density at radius 3 is 1.45 bits per heavy atom. The predicted octanol–water partition coefficient (Wildman–Crippen LogP) is 10.2. The summed E-state index contributed by atoms with van der Waals surface area (Å²) < 4.78 is 25.0. The fraction of sp³-hybridized carbons (Fsp3) is 0.881. The van der Waals surface area contributed by atoms with Crippen LogP contribution < -0.4 is 0 Å². The number of aliphatic hydroxyl groups is 1. The number of Topliss-reactive ketones (excluding diaryl/α,β-unsaturated/α-hetero) is 1. The van der Waals surface area contributed by atoms with Gasteiger partial charge in [-0.1, -0.05) is 132 Å². The van der Waals surface area contributed by atoms with Crippen molar-refractivity contribution in [3.63, 3.8) is 0 Å². The fourth-order valence-corrected chi connectivity index (χ4v) is 6.27. The van der Waals surface area contributed by atoms with Crippen LogP contribution in [-0.4, -0.2) is 71.7 Å². The largest absolute Gasteiger partial charge is 0.461 e. The van der Waals surface area contributed by atoms with E-state index >= 15 is 0 Å². The van der Waals surface area contributed by atoms with Crippen LogP contribution in [0.2, 0.25) is 0 Å². The second-order valence-corrected chi connectivity index (χ2v) is 17.3. The van der Waals surface area contributed by atoms with Crippen molar-refractivity contribution >= 4 is 59.5 Å². The lowest BCUT2D eigenvalue weighted by Gasteiger charge is -2.26. The molecule has 56 heavy (non-hydrogen) atoms. The summed E-state index contributed by atoms with van der Waals surface area (Å²) in [5.74, 6) is -0.486. The summed E-state index contributed by atoms with van der Waals surface area (Å²) >= 11 is 5.09. The Hall–Kier alpha value is -1.22. The molecule has 6 atom stereocenters. The first-order valence-corrected chi connectivity index (χ1v) is 22.3. The number of esters is 3. The fourth-order valence-electron chi connectivity index (χ4n) is 5.50. The van der Waals surface area contributed by atoms with Crippen molar-refractivity contribution in [3.8, 4) is 0 Å². The first-order valence-electron chi connectivity index (χ1n) is 21.0. The molecule has 0 spiro atoms. The molecule has 2 aliphatic rings. The summed E-state index contributed by atoms with van der Waals surface area (Å²) in [5, 5.41) is 8.67. The molecule has 0 aromatic heterocycles. The van der Waals surface area contributed by atoms with Crippen molar-refractivity contribution in [2.75, 3.05) is 26.4 Å². The maximum absolute atomic E-state index is 11.8. The van der Waals surface area contributed by atoms with Crippen LogP contribution in [0.15, 0.2) is 0 Å². The molecule has 0 radical (unpaired) electrons. The molecule has 0 bridgehead atoms. The van der Waals surface area contributed by atoms with Crippen molar-refractivity contribution in [1.29, 1.82) is 0 Å². The summed E-state index contributed by atoms with van der Waals surface area (Å²) in [6.45, 7) is 16.2. The Labute approximate surface area is 349 Å². The Morgan fingerprint density at radius 2 is 1.12 bits per heavy atom. The average molecular weight is 857 g/mol. The van der Waals surface area contributed by atoms with E-state index in [0.29, 0.717) is 31.5 Å². The van der Waals surface area contributed by atoms with Crippen molar-refractivity contribution in [2.45, 2.75) is 195 Å². The van der Waals surface area contributed by atoms with Crippen LogP contribution in [0, 0.1) is 17.3 Å². The van der Waals surface area contributed by atoms with Crippen LogP contribution in [0.25, 0.3) is 0 Å².